The fourth-order valence-corrected chi connectivity index (χ4v) is 2.50. The van der Waals surface area contributed by atoms with Crippen molar-refractivity contribution in [2.24, 2.45) is 5.41 Å². The predicted molar refractivity (Wildman–Crippen MR) is 75.6 cm³/mol. The maximum atomic E-state index is 11.7. The second kappa shape index (κ2) is 7.27. The highest BCUT2D eigenvalue weighted by Crippen LogP contribution is 2.49. The zero-order chi connectivity index (χ0) is 12.7. The van der Waals surface area contributed by atoms with E-state index < -0.39 is 0 Å². The highest BCUT2D eigenvalue weighted by atomic mass is 32.1. The molecule has 0 aromatic heterocycles. The Morgan fingerprint density at radius 3 is 2.53 bits per heavy atom. The van der Waals surface area contributed by atoms with Crippen molar-refractivity contribution >= 4 is 18.5 Å². The van der Waals surface area contributed by atoms with Crippen molar-refractivity contribution in [3.8, 4) is 0 Å². The molecular formula is C13H26N2OS. The fourth-order valence-electron chi connectivity index (χ4n) is 2.07. The summed E-state index contributed by atoms with van der Waals surface area (Å²) in [5.41, 5.74) is 0.237. The number of likely N-dealkylation sites (N-methyl/N-ethyl adjacent to an activating group) is 1. The van der Waals surface area contributed by atoms with Crippen molar-refractivity contribution in [1.29, 1.82) is 0 Å². The smallest absolute Gasteiger partial charge is 0.220 e. The third-order valence-corrected chi connectivity index (χ3v) is 4.24. The molecule has 0 aromatic carbocycles. The lowest BCUT2D eigenvalue weighted by molar-refractivity contribution is -0.122. The van der Waals surface area contributed by atoms with Crippen LogP contribution in [0.15, 0.2) is 0 Å². The first-order valence-corrected chi connectivity index (χ1v) is 7.39. The highest BCUT2D eigenvalue weighted by molar-refractivity contribution is 7.80. The molecule has 3 nitrogen and oxygen atoms in total. The van der Waals surface area contributed by atoms with Gasteiger partial charge in [-0.25, -0.2) is 0 Å². The van der Waals surface area contributed by atoms with Gasteiger partial charge in [-0.3, -0.25) is 4.79 Å². The zero-order valence-electron chi connectivity index (χ0n) is 11.2. The molecule has 1 aliphatic carbocycles. The number of hydrogen-bond donors (Lipinski definition) is 2. The Kier molecular flexibility index (Phi) is 6.34. The minimum atomic E-state index is 0.198. The molecule has 0 unspecified atom stereocenters. The maximum absolute atomic E-state index is 11.7. The van der Waals surface area contributed by atoms with E-state index in [4.69, 9.17) is 0 Å². The first kappa shape index (κ1) is 14.8. The number of nitrogens with zero attached hydrogens (tertiary/aromatic N) is 1. The Morgan fingerprint density at radius 1 is 1.35 bits per heavy atom. The van der Waals surface area contributed by atoms with Crippen LogP contribution in [0.25, 0.3) is 0 Å². The fraction of sp³-hybridized carbons (Fsp3) is 0.923. The van der Waals surface area contributed by atoms with Crippen molar-refractivity contribution in [3.05, 3.63) is 0 Å². The molecule has 0 aromatic rings. The standard InChI is InChI=1S/C13H26N2OS/c1-3-8-15(4-2)9-7-14-12(16)10-13(11-17)5-6-13/h17H,3-11H2,1-2H3,(H,14,16). The number of nitrogens with one attached hydrogen (secondary N) is 1. The molecule has 1 fully saturated rings. The van der Waals surface area contributed by atoms with E-state index in [1.165, 1.54) is 19.3 Å². The summed E-state index contributed by atoms with van der Waals surface area (Å²) in [6.07, 6.45) is 4.17. The van der Waals surface area contributed by atoms with Gasteiger partial charge in [0.15, 0.2) is 0 Å². The monoisotopic (exact) mass is 258 g/mol. The lowest BCUT2D eigenvalue weighted by Gasteiger charge is -2.20. The third kappa shape index (κ3) is 5.30. The average molecular weight is 258 g/mol. The topological polar surface area (TPSA) is 32.3 Å². The van der Waals surface area contributed by atoms with Crippen molar-refractivity contribution in [2.45, 2.75) is 39.5 Å². The molecule has 0 saturated heterocycles. The lowest BCUT2D eigenvalue weighted by atomic mass is 10.1. The summed E-state index contributed by atoms with van der Waals surface area (Å²) >= 11 is 4.32. The average Bonchev–Trinajstić information content (AvgIpc) is 3.08. The summed E-state index contributed by atoms with van der Waals surface area (Å²) in [6.45, 7) is 8.26. The Labute approximate surface area is 111 Å². The quantitative estimate of drug-likeness (QED) is 0.620. The number of carbonyl (C=O) groups excluding carboxylic acids is 1. The van der Waals surface area contributed by atoms with Gasteiger partial charge in [0.1, 0.15) is 0 Å². The molecule has 1 amide bonds. The summed E-state index contributed by atoms with van der Waals surface area (Å²) in [6, 6.07) is 0. The molecule has 0 heterocycles. The zero-order valence-corrected chi connectivity index (χ0v) is 12.1. The van der Waals surface area contributed by atoms with Gasteiger partial charge in [-0.1, -0.05) is 13.8 Å². The highest BCUT2D eigenvalue weighted by Gasteiger charge is 2.42. The van der Waals surface area contributed by atoms with Crippen LogP contribution in [0.2, 0.25) is 0 Å². The Hall–Kier alpha value is -0.220. The van der Waals surface area contributed by atoms with E-state index in [0.29, 0.717) is 6.42 Å². The molecule has 0 radical (unpaired) electrons. The molecule has 0 aliphatic heterocycles. The van der Waals surface area contributed by atoms with E-state index in [1.807, 2.05) is 0 Å². The molecular weight excluding hydrogens is 232 g/mol. The second-order valence-corrected chi connectivity index (χ2v) is 5.44. The van der Waals surface area contributed by atoms with Crippen LogP contribution in [0.3, 0.4) is 0 Å². The Morgan fingerprint density at radius 2 is 2.06 bits per heavy atom. The van der Waals surface area contributed by atoms with Crippen molar-refractivity contribution in [1.82, 2.24) is 10.2 Å². The first-order valence-electron chi connectivity index (χ1n) is 6.75. The summed E-state index contributed by atoms with van der Waals surface area (Å²) in [5.74, 6) is 1.04. The SMILES string of the molecule is CCCN(CC)CCNC(=O)CC1(CS)CC1. The van der Waals surface area contributed by atoms with Gasteiger partial charge in [0, 0.05) is 19.5 Å². The normalized spacial score (nSPS) is 17.2. The van der Waals surface area contributed by atoms with Gasteiger partial charge in [0.2, 0.25) is 5.91 Å². The van der Waals surface area contributed by atoms with Gasteiger partial charge in [0.25, 0.3) is 0 Å². The molecule has 1 aliphatic rings. The molecule has 1 saturated carbocycles. The van der Waals surface area contributed by atoms with Gasteiger partial charge in [0.05, 0.1) is 0 Å². The van der Waals surface area contributed by atoms with E-state index in [-0.39, 0.29) is 11.3 Å². The van der Waals surface area contributed by atoms with E-state index in [1.54, 1.807) is 0 Å². The summed E-state index contributed by atoms with van der Waals surface area (Å²) < 4.78 is 0. The van der Waals surface area contributed by atoms with E-state index in [9.17, 15) is 4.79 Å². The molecule has 17 heavy (non-hydrogen) atoms. The van der Waals surface area contributed by atoms with Crippen molar-refractivity contribution in [3.63, 3.8) is 0 Å². The van der Waals surface area contributed by atoms with Crippen LogP contribution in [-0.4, -0.2) is 42.7 Å². The van der Waals surface area contributed by atoms with Gasteiger partial charge in [-0.05, 0) is 43.5 Å². The molecule has 1 rings (SSSR count). The third-order valence-electron chi connectivity index (χ3n) is 3.57. The van der Waals surface area contributed by atoms with Gasteiger partial charge in [-0.15, -0.1) is 0 Å². The van der Waals surface area contributed by atoms with E-state index in [0.717, 1.165) is 31.9 Å². The molecule has 0 spiro atoms. The first-order chi connectivity index (χ1) is 8.15. The Bertz CT molecular complexity index is 242. The van der Waals surface area contributed by atoms with Gasteiger partial charge >= 0.3 is 0 Å². The number of rotatable bonds is 9. The van der Waals surface area contributed by atoms with Crippen LogP contribution >= 0.6 is 12.6 Å². The molecule has 1 N–H and O–H groups in total. The summed E-state index contributed by atoms with van der Waals surface area (Å²) in [7, 11) is 0. The summed E-state index contributed by atoms with van der Waals surface area (Å²) in [4.78, 5) is 14.1. The van der Waals surface area contributed by atoms with Crippen LogP contribution in [0, 0.1) is 5.41 Å². The maximum Gasteiger partial charge on any atom is 0.220 e. The van der Waals surface area contributed by atoms with Crippen molar-refractivity contribution in [2.75, 3.05) is 31.9 Å². The van der Waals surface area contributed by atoms with Crippen LogP contribution in [0.1, 0.15) is 39.5 Å². The molecule has 100 valence electrons. The Balaban J connectivity index is 2.11. The summed E-state index contributed by atoms with van der Waals surface area (Å²) in [5, 5.41) is 3.02. The van der Waals surface area contributed by atoms with Gasteiger partial charge < -0.3 is 10.2 Å². The van der Waals surface area contributed by atoms with Crippen LogP contribution in [0.5, 0.6) is 0 Å². The number of hydrogen-bond acceptors (Lipinski definition) is 3. The number of carbonyl (C=O) groups is 1. The lowest BCUT2D eigenvalue weighted by Crippen LogP contribution is -2.36. The minimum Gasteiger partial charge on any atom is -0.355 e. The second-order valence-electron chi connectivity index (χ2n) is 5.12. The van der Waals surface area contributed by atoms with Gasteiger partial charge in [-0.2, -0.15) is 12.6 Å². The molecule has 0 atom stereocenters. The van der Waals surface area contributed by atoms with Crippen LogP contribution in [-0.2, 0) is 4.79 Å². The van der Waals surface area contributed by atoms with Crippen molar-refractivity contribution < 1.29 is 4.79 Å². The van der Waals surface area contributed by atoms with E-state index in [2.05, 4.69) is 36.7 Å². The predicted octanol–water partition coefficient (Wildman–Crippen LogP) is 1.93. The van der Waals surface area contributed by atoms with Crippen LogP contribution in [0.4, 0.5) is 0 Å². The van der Waals surface area contributed by atoms with Crippen LogP contribution < -0.4 is 5.32 Å². The number of amides is 1. The number of thiol groups is 1. The molecule has 0 bridgehead atoms. The molecule has 4 heteroatoms. The largest absolute Gasteiger partial charge is 0.355 e. The van der Waals surface area contributed by atoms with E-state index >= 15 is 0 Å². The minimum absolute atomic E-state index is 0.198.